The fourth-order valence-electron chi connectivity index (χ4n) is 3.31. The summed E-state index contributed by atoms with van der Waals surface area (Å²) in [7, 11) is 0. The Balaban J connectivity index is 1.38. The Bertz CT molecular complexity index is 589. The number of nitrogens with zero attached hydrogens (tertiary/aromatic N) is 1. The molecule has 1 aliphatic heterocycles. The summed E-state index contributed by atoms with van der Waals surface area (Å²) in [5.74, 6) is 0. The molecule has 0 radical (unpaired) electrons. The van der Waals surface area contributed by atoms with E-state index >= 15 is 0 Å². The molecule has 3 rings (SSSR count). The Labute approximate surface area is 149 Å². The molecule has 2 aromatic rings. The molecule has 0 bridgehead atoms. The minimum atomic E-state index is -0.773. The van der Waals surface area contributed by atoms with Crippen LogP contribution in [-0.2, 0) is 12.0 Å². The van der Waals surface area contributed by atoms with Crippen LogP contribution in [-0.4, -0.2) is 42.2 Å². The van der Waals surface area contributed by atoms with Crippen molar-refractivity contribution in [3.63, 3.8) is 0 Å². The predicted molar refractivity (Wildman–Crippen MR) is 102 cm³/mol. The van der Waals surface area contributed by atoms with Gasteiger partial charge in [-0.15, -0.1) is 0 Å². The molecule has 0 saturated carbocycles. The molecule has 1 aliphatic rings. The van der Waals surface area contributed by atoms with Gasteiger partial charge in [-0.25, -0.2) is 0 Å². The Morgan fingerprint density at radius 3 is 2.62 bits per heavy atom. The minimum absolute atomic E-state index is 0.517. The van der Waals surface area contributed by atoms with E-state index in [0.717, 1.165) is 44.5 Å². The average Bonchev–Trinajstić information content (AvgIpc) is 3.16. The second-order valence-corrected chi connectivity index (χ2v) is 7.80. The lowest BCUT2D eigenvalue weighted by Crippen LogP contribution is -2.46. The molecule has 1 saturated heterocycles. The highest BCUT2D eigenvalue weighted by atomic mass is 32.1. The van der Waals surface area contributed by atoms with E-state index in [0.29, 0.717) is 12.6 Å². The molecule has 1 aromatic heterocycles. The second-order valence-electron chi connectivity index (χ2n) is 7.02. The van der Waals surface area contributed by atoms with E-state index in [9.17, 15) is 5.11 Å². The highest BCUT2D eigenvalue weighted by Gasteiger charge is 2.26. The fraction of sp³-hybridized carbons (Fsp3) is 0.500. The van der Waals surface area contributed by atoms with E-state index in [1.807, 2.05) is 23.8 Å². The first kappa shape index (κ1) is 17.6. The van der Waals surface area contributed by atoms with Gasteiger partial charge in [0.15, 0.2) is 0 Å². The normalized spacial score (nSPS) is 19.2. The highest BCUT2D eigenvalue weighted by Crippen LogP contribution is 2.23. The van der Waals surface area contributed by atoms with Gasteiger partial charge in [0.1, 0.15) is 0 Å². The molecule has 0 aliphatic carbocycles. The van der Waals surface area contributed by atoms with E-state index in [4.69, 9.17) is 0 Å². The monoisotopic (exact) mass is 344 g/mol. The number of rotatable bonds is 7. The zero-order chi connectivity index (χ0) is 16.8. The first-order valence-electron chi connectivity index (χ1n) is 8.88. The number of hydrogen-bond acceptors (Lipinski definition) is 4. The maximum absolute atomic E-state index is 10.6. The third-order valence-electron chi connectivity index (χ3n) is 5.03. The number of piperidine rings is 1. The summed E-state index contributed by atoms with van der Waals surface area (Å²) in [5.41, 5.74) is 1.66. The molecular weight excluding hydrogens is 316 g/mol. The van der Waals surface area contributed by atoms with Gasteiger partial charge in [-0.05, 0) is 67.2 Å². The summed E-state index contributed by atoms with van der Waals surface area (Å²) in [4.78, 5) is 2.56. The maximum atomic E-state index is 10.6. The number of aliphatic hydroxyl groups is 1. The van der Waals surface area contributed by atoms with Crippen molar-refractivity contribution in [2.45, 2.75) is 37.8 Å². The molecular formula is C20H28N2OS. The van der Waals surface area contributed by atoms with Crippen molar-refractivity contribution in [1.82, 2.24) is 10.2 Å². The van der Waals surface area contributed by atoms with Gasteiger partial charge in [0.25, 0.3) is 0 Å². The summed E-state index contributed by atoms with van der Waals surface area (Å²) in [6.45, 7) is 5.95. The van der Waals surface area contributed by atoms with Gasteiger partial charge >= 0.3 is 0 Å². The summed E-state index contributed by atoms with van der Waals surface area (Å²) in [6.07, 6.45) is 3.45. The Kier molecular flexibility index (Phi) is 6.06. The maximum Gasteiger partial charge on any atom is 0.1000 e. The van der Waals surface area contributed by atoms with Gasteiger partial charge in [0.2, 0.25) is 0 Å². The zero-order valence-corrected chi connectivity index (χ0v) is 15.3. The number of likely N-dealkylation sites (tertiary alicyclic amines) is 1. The van der Waals surface area contributed by atoms with Crippen molar-refractivity contribution in [3.05, 3.63) is 58.3 Å². The third-order valence-corrected chi connectivity index (χ3v) is 5.71. The van der Waals surface area contributed by atoms with Crippen molar-refractivity contribution in [1.29, 1.82) is 0 Å². The van der Waals surface area contributed by atoms with E-state index in [1.54, 1.807) is 11.3 Å². The molecule has 1 atom stereocenters. The van der Waals surface area contributed by atoms with Crippen molar-refractivity contribution < 1.29 is 5.11 Å². The molecule has 24 heavy (non-hydrogen) atoms. The largest absolute Gasteiger partial charge is 0.384 e. The summed E-state index contributed by atoms with van der Waals surface area (Å²) in [6, 6.07) is 13.3. The standard InChI is InChI=1S/C20H28N2OS/c1-20(23,18-10-14-24-15-18)16-21-19-8-12-22(13-9-19)11-7-17-5-3-2-4-6-17/h2-6,10,14-15,19,21,23H,7-9,11-13,16H2,1H3. The molecule has 2 heterocycles. The molecule has 2 N–H and O–H groups in total. The minimum Gasteiger partial charge on any atom is -0.384 e. The molecule has 1 fully saturated rings. The smallest absolute Gasteiger partial charge is 0.1000 e. The van der Waals surface area contributed by atoms with Gasteiger partial charge in [0.05, 0.1) is 5.60 Å². The number of thiophene rings is 1. The van der Waals surface area contributed by atoms with Crippen LogP contribution >= 0.6 is 11.3 Å². The number of hydrogen-bond donors (Lipinski definition) is 2. The number of benzene rings is 1. The van der Waals surface area contributed by atoms with Gasteiger partial charge in [-0.3, -0.25) is 0 Å². The first-order valence-corrected chi connectivity index (χ1v) is 9.82. The van der Waals surface area contributed by atoms with E-state index in [1.165, 1.54) is 5.56 Å². The van der Waals surface area contributed by atoms with Crippen LogP contribution in [0.3, 0.4) is 0 Å². The van der Waals surface area contributed by atoms with Crippen molar-refractivity contribution in [3.8, 4) is 0 Å². The van der Waals surface area contributed by atoms with Crippen LogP contribution in [0.15, 0.2) is 47.2 Å². The Hall–Kier alpha value is -1.20. The van der Waals surface area contributed by atoms with Gasteiger partial charge in [0, 0.05) is 19.1 Å². The first-order chi connectivity index (χ1) is 11.6. The van der Waals surface area contributed by atoms with E-state index < -0.39 is 5.60 Å². The zero-order valence-electron chi connectivity index (χ0n) is 14.4. The summed E-state index contributed by atoms with van der Waals surface area (Å²) < 4.78 is 0. The average molecular weight is 345 g/mol. The van der Waals surface area contributed by atoms with Crippen LogP contribution in [0.25, 0.3) is 0 Å². The van der Waals surface area contributed by atoms with Crippen LogP contribution in [0.4, 0.5) is 0 Å². The third kappa shape index (κ3) is 4.90. The van der Waals surface area contributed by atoms with Gasteiger partial charge < -0.3 is 15.3 Å². The lowest BCUT2D eigenvalue weighted by Gasteiger charge is -2.34. The van der Waals surface area contributed by atoms with Gasteiger partial charge in [-0.1, -0.05) is 30.3 Å². The predicted octanol–water partition coefficient (Wildman–Crippen LogP) is 3.25. The lowest BCUT2D eigenvalue weighted by atomic mass is 9.97. The molecule has 4 heteroatoms. The van der Waals surface area contributed by atoms with Crippen LogP contribution in [0.2, 0.25) is 0 Å². The fourth-order valence-corrected chi connectivity index (χ4v) is 4.09. The summed E-state index contributed by atoms with van der Waals surface area (Å²) in [5, 5.41) is 18.2. The van der Waals surface area contributed by atoms with Crippen LogP contribution < -0.4 is 5.32 Å². The van der Waals surface area contributed by atoms with Crippen molar-refractivity contribution in [2.24, 2.45) is 0 Å². The Morgan fingerprint density at radius 1 is 1.21 bits per heavy atom. The van der Waals surface area contributed by atoms with Crippen LogP contribution in [0.1, 0.15) is 30.9 Å². The molecule has 1 unspecified atom stereocenters. The molecule has 3 nitrogen and oxygen atoms in total. The molecule has 0 amide bonds. The van der Waals surface area contributed by atoms with E-state index in [2.05, 4.69) is 40.5 Å². The van der Waals surface area contributed by atoms with Crippen LogP contribution in [0.5, 0.6) is 0 Å². The lowest BCUT2D eigenvalue weighted by molar-refractivity contribution is 0.0506. The quantitative estimate of drug-likeness (QED) is 0.809. The van der Waals surface area contributed by atoms with Crippen LogP contribution in [0, 0.1) is 0 Å². The SMILES string of the molecule is CC(O)(CNC1CCN(CCc2ccccc2)CC1)c1ccsc1. The van der Waals surface area contributed by atoms with Crippen molar-refractivity contribution in [2.75, 3.05) is 26.2 Å². The molecule has 1 aromatic carbocycles. The Morgan fingerprint density at radius 2 is 1.96 bits per heavy atom. The van der Waals surface area contributed by atoms with Crippen molar-refractivity contribution >= 4 is 11.3 Å². The van der Waals surface area contributed by atoms with E-state index in [-0.39, 0.29) is 0 Å². The second kappa shape index (κ2) is 8.26. The molecule has 130 valence electrons. The summed E-state index contributed by atoms with van der Waals surface area (Å²) >= 11 is 1.64. The van der Waals surface area contributed by atoms with Gasteiger partial charge in [-0.2, -0.15) is 11.3 Å². The number of nitrogens with one attached hydrogen (secondary N) is 1. The highest BCUT2D eigenvalue weighted by molar-refractivity contribution is 7.08. The molecule has 0 spiro atoms. The topological polar surface area (TPSA) is 35.5 Å².